The number of phenolic OH excluding ortho intramolecular Hbond substituents is 1. The van der Waals surface area contributed by atoms with E-state index in [2.05, 4.69) is 4.72 Å². The van der Waals surface area contributed by atoms with E-state index in [0.717, 1.165) is 21.6 Å². The Hall–Kier alpha value is -1.63. The summed E-state index contributed by atoms with van der Waals surface area (Å²) in [6, 6.07) is 12.7. The zero-order chi connectivity index (χ0) is 13.2. The van der Waals surface area contributed by atoms with Crippen LogP contribution in [0, 0.1) is 0 Å². The molecule has 0 saturated carbocycles. The van der Waals surface area contributed by atoms with Crippen LogP contribution in [0.5, 0.6) is 5.75 Å². The molecule has 4 nitrogen and oxygen atoms in total. The molecule has 0 fully saturated rings. The van der Waals surface area contributed by atoms with Gasteiger partial charge in [-0.3, -0.25) is 0 Å². The molecule has 1 aliphatic heterocycles. The molecule has 2 aromatic rings. The average Bonchev–Trinajstić information content (AvgIpc) is 2.80. The zero-order valence-electron chi connectivity index (χ0n) is 10.0. The van der Waals surface area contributed by atoms with Gasteiger partial charge < -0.3 is 19.5 Å². The Bertz CT molecular complexity index is 591. The molecule has 0 amide bonds. The van der Waals surface area contributed by atoms with E-state index in [1.54, 1.807) is 12.1 Å². The van der Waals surface area contributed by atoms with Crippen LogP contribution in [0.4, 0.5) is 5.69 Å². The lowest BCUT2D eigenvalue weighted by atomic mass is 9.79. The van der Waals surface area contributed by atoms with Crippen LogP contribution >= 0.6 is 11.9 Å². The van der Waals surface area contributed by atoms with Crippen molar-refractivity contribution in [2.45, 2.75) is 11.5 Å². The standard InChI is InChI=1S/C13H12BNO3S/c16-11-3-5-12(6-4-11)19-15-10-2-1-9-8-18-14(17)13(9)7-10/h1-7,15-17H,8H2. The lowest BCUT2D eigenvalue weighted by Crippen LogP contribution is -2.28. The number of nitrogens with one attached hydrogen (secondary N) is 1. The van der Waals surface area contributed by atoms with Crippen LogP contribution in [-0.2, 0) is 11.3 Å². The Morgan fingerprint density at radius 3 is 2.74 bits per heavy atom. The van der Waals surface area contributed by atoms with Gasteiger partial charge in [0.25, 0.3) is 0 Å². The Labute approximate surface area is 115 Å². The maximum absolute atomic E-state index is 9.64. The zero-order valence-corrected chi connectivity index (χ0v) is 10.9. The summed E-state index contributed by atoms with van der Waals surface area (Å²) in [5.74, 6) is 0.252. The molecule has 1 aliphatic rings. The van der Waals surface area contributed by atoms with Crippen LogP contribution in [0.3, 0.4) is 0 Å². The number of benzene rings is 2. The lowest BCUT2D eigenvalue weighted by Gasteiger charge is -2.07. The Morgan fingerprint density at radius 2 is 1.95 bits per heavy atom. The molecule has 19 heavy (non-hydrogen) atoms. The van der Waals surface area contributed by atoms with E-state index in [9.17, 15) is 10.1 Å². The maximum Gasteiger partial charge on any atom is 0.491 e. The third-order valence-electron chi connectivity index (χ3n) is 2.93. The molecule has 0 saturated heterocycles. The van der Waals surface area contributed by atoms with E-state index in [4.69, 9.17) is 4.65 Å². The van der Waals surface area contributed by atoms with Crippen molar-refractivity contribution in [3.63, 3.8) is 0 Å². The minimum absolute atomic E-state index is 0.252. The first-order chi connectivity index (χ1) is 9.22. The van der Waals surface area contributed by atoms with Gasteiger partial charge in [-0.1, -0.05) is 6.07 Å². The van der Waals surface area contributed by atoms with E-state index in [0.29, 0.717) is 6.61 Å². The van der Waals surface area contributed by atoms with Crippen molar-refractivity contribution < 1.29 is 14.8 Å². The topological polar surface area (TPSA) is 61.7 Å². The number of aromatic hydroxyl groups is 1. The normalized spacial score (nSPS) is 13.4. The van der Waals surface area contributed by atoms with E-state index >= 15 is 0 Å². The van der Waals surface area contributed by atoms with Crippen molar-refractivity contribution in [3.05, 3.63) is 48.0 Å². The first-order valence-electron chi connectivity index (χ1n) is 5.87. The molecular weight excluding hydrogens is 261 g/mol. The van der Waals surface area contributed by atoms with Gasteiger partial charge >= 0.3 is 7.12 Å². The smallest absolute Gasteiger partial charge is 0.491 e. The van der Waals surface area contributed by atoms with Gasteiger partial charge in [-0.15, -0.1) is 0 Å². The monoisotopic (exact) mass is 273 g/mol. The fraction of sp³-hybridized carbons (Fsp3) is 0.0769. The summed E-state index contributed by atoms with van der Waals surface area (Å²) in [4.78, 5) is 0.995. The van der Waals surface area contributed by atoms with Crippen molar-refractivity contribution in [3.8, 4) is 5.75 Å². The quantitative estimate of drug-likeness (QED) is 0.587. The highest BCUT2D eigenvalue weighted by molar-refractivity contribution is 8.00. The summed E-state index contributed by atoms with van der Waals surface area (Å²) >= 11 is 1.45. The number of phenols is 1. The molecule has 96 valence electrons. The highest BCUT2D eigenvalue weighted by atomic mass is 32.2. The van der Waals surface area contributed by atoms with E-state index in [1.165, 1.54) is 11.9 Å². The summed E-state index contributed by atoms with van der Waals surface area (Å²) in [6.07, 6.45) is 0. The van der Waals surface area contributed by atoms with Crippen molar-refractivity contribution in [2.75, 3.05) is 4.72 Å². The molecule has 0 radical (unpaired) electrons. The SMILES string of the molecule is OB1OCc2ccc(NSc3ccc(O)cc3)cc21. The largest absolute Gasteiger partial charge is 0.508 e. The summed E-state index contributed by atoms with van der Waals surface area (Å²) in [5, 5.41) is 18.8. The third kappa shape index (κ3) is 2.70. The molecule has 1 heterocycles. The number of anilines is 1. The van der Waals surface area contributed by atoms with E-state index in [-0.39, 0.29) is 5.75 Å². The predicted molar refractivity (Wildman–Crippen MR) is 76.4 cm³/mol. The molecular formula is C13H12BNO3S. The molecule has 0 unspecified atom stereocenters. The van der Waals surface area contributed by atoms with Crippen LogP contribution in [0.1, 0.15) is 5.56 Å². The van der Waals surface area contributed by atoms with Crippen molar-refractivity contribution in [1.29, 1.82) is 0 Å². The predicted octanol–water partition coefficient (Wildman–Crippen LogP) is 1.73. The van der Waals surface area contributed by atoms with Crippen LogP contribution in [-0.4, -0.2) is 17.2 Å². The second-order valence-corrected chi connectivity index (χ2v) is 5.15. The highest BCUT2D eigenvalue weighted by Crippen LogP contribution is 2.23. The minimum atomic E-state index is -0.824. The Balaban J connectivity index is 1.70. The van der Waals surface area contributed by atoms with Gasteiger partial charge in [0.1, 0.15) is 5.75 Å². The second-order valence-electron chi connectivity index (χ2n) is 4.27. The molecule has 0 atom stereocenters. The van der Waals surface area contributed by atoms with Gasteiger partial charge in [0.2, 0.25) is 0 Å². The van der Waals surface area contributed by atoms with Gasteiger partial charge in [0, 0.05) is 10.6 Å². The van der Waals surface area contributed by atoms with Gasteiger partial charge in [-0.05, 0) is 59.4 Å². The Morgan fingerprint density at radius 1 is 1.16 bits per heavy atom. The fourth-order valence-corrected chi connectivity index (χ4v) is 2.55. The summed E-state index contributed by atoms with van der Waals surface area (Å²) in [7, 11) is -0.824. The number of fused-ring (bicyclic) bond motifs is 1. The van der Waals surface area contributed by atoms with Crippen molar-refractivity contribution in [2.24, 2.45) is 0 Å². The molecule has 6 heteroatoms. The molecule has 3 rings (SSSR count). The molecule has 0 aromatic heterocycles. The second kappa shape index (κ2) is 5.17. The van der Waals surface area contributed by atoms with Crippen LogP contribution in [0.15, 0.2) is 47.4 Å². The highest BCUT2D eigenvalue weighted by Gasteiger charge is 2.27. The van der Waals surface area contributed by atoms with Gasteiger partial charge in [0.15, 0.2) is 0 Å². The number of hydrogen-bond donors (Lipinski definition) is 3. The molecule has 2 aromatic carbocycles. The van der Waals surface area contributed by atoms with E-state index < -0.39 is 7.12 Å². The lowest BCUT2D eigenvalue weighted by molar-refractivity contribution is 0.275. The third-order valence-corrected chi connectivity index (χ3v) is 3.78. The summed E-state index contributed by atoms with van der Waals surface area (Å²) < 4.78 is 8.35. The van der Waals surface area contributed by atoms with Crippen molar-refractivity contribution >= 4 is 30.2 Å². The molecule has 0 bridgehead atoms. The first kappa shape index (κ1) is 12.4. The molecule has 0 aliphatic carbocycles. The fourth-order valence-electron chi connectivity index (χ4n) is 1.91. The molecule has 0 spiro atoms. The van der Waals surface area contributed by atoms with Gasteiger partial charge in [-0.2, -0.15) is 0 Å². The average molecular weight is 273 g/mol. The molecule has 3 N–H and O–H groups in total. The maximum atomic E-state index is 9.64. The van der Waals surface area contributed by atoms with E-state index in [1.807, 2.05) is 30.3 Å². The van der Waals surface area contributed by atoms with Crippen LogP contribution in [0.25, 0.3) is 0 Å². The Kier molecular flexibility index (Phi) is 3.37. The first-order valence-corrected chi connectivity index (χ1v) is 6.68. The summed E-state index contributed by atoms with van der Waals surface area (Å²) in [5.41, 5.74) is 2.74. The minimum Gasteiger partial charge on any atom is -0.508 e. The van der Waals surface area contributed by atoms with Crippen LogP contribution in [0.2, 0.25) is 0 Å². The number of rotatable bonds is 3. The number of hydrogen-bond acceptors (Lipinski definition) is 5. The summed E-state index contributed by atoms with van der Waals surface area (Å²) in [6.45, 7) is 0.460. The van der Waals surface area contributed by atoms with Gasteiger partial charge in [0.05, 0.1) is 6.61 Å². The van der Waals surface area contributed by atoms with Gasteiger partial charge in [-0.25, -0.2) is 0 Å². The van der Waals surface area contributed by atoms with Crippen LogP contribution < -0.4 is 10.2 Å². The van der Waals surface area contributed by atoms with Crippen molar-refractivity contribution in [1.82, 2.24) is 0 Å².